The van der Waals surface area contributed by atoms with Crippen molar-refractivity contribution < 1.29 is 14.3 Å². The zero-order valence-corrected chi connectivity index (χ0v) is 15.0. The minimum absolute atomic E-state index is 0.226. The van der Waals surface area contributed by atoms with E-state index in [2.05, 4.69) is 0 Å². The second-order valence-electron chi connectivity index (χ2n) is 7.10. The van der Waals surface area contributed by atoms with E-state index in [9.17, 15) is 4.79 Å². The zero-order valence-electron chi connectivity index (χ0n) is 14.3. The lowest BCUT2D eigenvalue weighted by atomic mass is 9.70. The Morgan fingerprint density at radius 3 is 2.40 bits per heavy atom. The van der Waals surface area contributed by atoms with Gasteiger partial charge in [-0.15, -0.1) is 0 Å². The smallest absolute Gasteiger partial charge is 0.169 e. The van der Waals surface area contributed by atoms with Crippen molar-refractivity contribution >= 4 is 17.4 Å². The Hall–Kier alpha value is -1.84. The van der Waals surface area contributed by atoms with Crippen LogP contribution in [0.2, 0.25) is 5.02 Å². The maximum absolute atomic E-state index is 13.1. The molecule has 4 rings (SSSR count). The highest BCUT2D eigenvalue weighted by Crippen LogP contribution is 2.48. The minimum atomic E-state index is -0.226. The lowest BCUT2D eigenvalue weighted by molar-refractivity contribution is 0.0285. The summed E-state index contributed by atoms with van der Waals surface area (Å²) in [4.78, 5) is 13.1. The molecule has 4 heteroatoms. The van der Waals surface area contributed by atoms with E-state index in [0.717, 1.165) is 43.2 Å². The van der Waals surface area contributed by atoms with Crippen LogP contribution in [0.5, 0.6) is 11.5 Å². The second kappa shape index (κ2) is 6.47. The van der Waals surface area contributed by atoms with Crippen molar-refractivity contribution in [2.24, 2.45) is 5.41 Å². The molecule has 2 aliphatic rings. The van der Waals surface area contributed by atoms with E-state index in [4.69, 9.17) is 21.1 Å². The van der Waals surface area contributed by atoms with Crippen LogP contribution in [-0.2, 0) is 11.2 Å². The van der Waals surface area contributed by atoms with Crippen LogP contribution in [0.4, 0.5) is 0 Å². The molecule has 1 saturated carbocycles. The van der Waals surface area contributed by atoms with Crippen LogP contribution in [0.15, 0.2) is 42.5 Å². The second-order valence-corrected chi connectivity index (χ2v) is 7.53. The molecule has 0 saturated heterocycles. The van der Waals surface area contributed by atoms with Crippen LogP contribution in [0.1, 0.15) is 41.6 Å². The van der Waals surface area contributed by atoms with Crippen LogP contribution in [0, 0.1) is 5.41 Å². The first-order chi connectivity index (χ1) is 12.1. The standard InChI is InChI=1S/C21H21ClO3/c1-24-16-8-10-21(11-9-16)13-14-2-5-18(12-19(14)20(21)23)25-17-6-3-15(22)4-7-17/h2-7,12,16H,8-11,13H2,1H3/t16-,21-. The maximum Gasteiger partial charge on any atom is 0.169 e. The SMILES string of the molecule is CO[C@H]1CC[C@]2(CC1)Cc1ccc(Oc3ccc(Cl)cc3)cc1C2=O. The van der Waals surface area contributed by atoms with E-state index in [1.54, 1.807) is 19.2 Å². The molecular formula is C21H21ClO3. The summed E-state index contributed by atoms with van der Waals surface area (Å²) in [5.41, 5.74) is 1.74. The largest absolute Gasteiger partial charge is 0.457 e. The first-order valence-electron chi connectivity index (χ1n) is 8.74. The number of halogens is 1. The minimum Gasteiger partial charge on any atom is -0.457 e. The third kappa shape index (κ3) is 3.07. The van der Waals surface area contributed by atoms with Gasteiger partial charge >= 0.3 is 0 Å². The topological polar surface area (TPSA) is 35.5 Å². The van der Waals surface area contributed by atoms with E-state index in [1.807, 2.05) is 30.3 Å². The Labute approximate surface area is 152 Å². The van der Waals surface area contributed by atoms with Gasteiger partial charge in [0.05, 0.1) is 6.10 Å². The third-order valence-corrected chi connectivity index (χ3v) is 5.86. The van der Waals surface area contributed by atoms with Gasteiger partial charge in [-0.25, -0.2) is 0 Å². The van der Waals surface area contributed by atoms with Gasteiger partial charge in [-0.1, -0.05) is 17.7 Å². The van der Waals surface area contributed by atoms with Crippen molar-refractivity contribution in [2.75, 3.05) is 7.11 Å². The molecule has 0 N–H and O–H groups in total. The summed E-state index contributed by atoms with van der Waals surface area (Å²) in [7, 11) is 1.76. The number of fused-ring (bicyclic) bond motifs is 1. The van der Waals surface area contributed by atoms with Gasteiger partial charge < -0.3 is 9.47 Å². The van der Waals surface area contributed by atoms with Crippen LogP contribution in [-0.4, -0.2) is 19.0 Å². The maximum atomic E-state index is 13.1. The lowest BCUT2D eigenvalue weighted by Crippen LogP contribution is -2.35. The molecule has 0 aliphatic heterocycles. The summed E-state index contributed by atoms with van der Waals surface area (Å²) in [6.07, 6.45) is 4.89. The van der Waals surface area contributed by atoms with Gasteiger partial charge in [0.25, 0.3) is 0 Å². The fourth-order valence-corrected chi connectivity index (χ4v) is 4.26. The number of carbonyl (C=O) groups excluding carboxylic acids is 1. The highest BCUT2D eigenvalue weighted by Gasteiger charge is 2.47. The van der Waals surface area contributed by atoms with Gasteiger partial charge in [0.2, 0.25) is 0 Å². The van der Waals surface area contributed by atoms with Crippen LogP contribution < -0.4 is 4.74 Å². The number of ether oxygens (including phenoxy) is 2. The van der Waals surface area contributed by atoms with E-state index in [0.29, 0.717) is 22.6 Å². The molecule has 130 valence electrons. The fourth-order valence-electron chi connectivity index (χ4n) is 4.14. The summed E-state index contributed by atoms with van der Waals surface area (Å²) in [5, 5.41) is 0.671. The van der Waals surface area contributed by atoms with Gasteiger partial charge in [-0.2, -0.15) is 0 Å². The van der Waals surface area contributed by atoms with Crippen LogP contribution in [0.3, 0.4) is 0 Å². The summed E-state index contributed by atoms with van der Waals surface area (Å²) in [6, 6.07) is 13.1. The monoisotopic (exact) mass is 356 g/mol. The molecule has 2 aromatic rings. The lowest BCUT2D eigenvalue weighted by Gasteiger charge is -2.35. The molecule has 1 spiro atoms. The molecule has 0 amide bonds. The van der Waals surface area contributed by atoms with Crippen molar-refractivity contribution in [3.05, 3.63) is 58.6 Å². The number of hydrogen-bond acceptors (Lipinski definition) is 3. The molecule has 0 heterocycles. The molecule has 2 aliphatic carbocycles. The van der Waals surface area contributed by atoms with Crippen LogP contribution in [0.25, 0.3) is 0 Å². The van der Waals surface area contributed by atoms with E-state index >= 15 is 0 Å². The molecule has 2 aromatic carbocycles. The third-order valence-electron chi connectivity index (χ3n) is 5.61. The van der Waals surface area contributed by atoms with Gasteiger partial charge in [0.1, 0.15) is 11.5 Å². The predicted molar refractivity (Wildman–Crippen MR) is 97.7 cm³/mol. The number of Topliss-reactive ketones (excluding diaryl/α,β-unsaturated/α-hetero) is 1. The average Bonchev–Trinajstić information content (AvgIpc) is 2.90. The zero-order chi connectivity index (χ0) is 17.4. The fraction of sp³-hybridized carbons (Fsp3) is 0.381. The molecule has 1 fully saturated rings. The number of benzene rings is 2. The van der Waals surface area contributed by atoms with Crippen molar-refractivity contribution in [3.63, 3.8) is 0 Å². The molecule has 3 nitrogen and oxygen atoms in total. The number of ketones is 1. The van der Waals surface area contributed by atoms with Gasteiger partial charge in [0, 0.05) is 23.1 Å². The van der Waals surface area contributed by atoms with E-state index < -0.39 is 0 Å². The van der Waals surface area contributed by atoms with Crippen molar-refractivity contribution in [3.8, 4) is 11.5 Å². The van der Waals surface area contributed by atoms with Gasteiger partial charge in [0.15, 0.2) is 5.78 Å². The summed E-state index contributed by atoms with van der Waals surface area (Å²) in [6.45, 7) is 0. The summed E-state index contributed by atoms with van der Waals surface area (Å²) in [5.74, 6) is 1.68. The Bertz CT molecular complexity index is 789. The van der Waals surface area contributed by atoms with Crippen molar-refractivity contribution in [2.45, 2.75) is 38.2 Å². The Morgan fingerprint density at radius 2 is 1.72 bits per heavy atom. The van der Waals surface area contributed by atoms with Crippen molar-refractivity contribution in [1.29, 1.82) is 0 Å². The van der Waals surface area contributed by atoms with Gasteiger partial charge in [-0.3, -0.25) is 4.79 Å². The van der Waals surface area contributed by atoms with E-state index in [1.165, 1.54) is 0 Å². The normalized spacial score (nSPS) is 25.2. The molecule has 25 heavy (non-hydrogen) atoms. The first-order valence-corrected chi connectivity index (χ1v) is 9.11. The molecule has 0 aromatic heterocycles. The van der Waals surface area contributed by atoms with E-state index in [-0.39, 0.29) is 11.2 Å². The average molecular weight is 357 g/mol. The summed E-state index contributed by atoms with van der Waals surface area (Å²) < 4.78 is 11.3. The number of carbonyl (C=O) groups is 1. The number of methoxy groups -OCH3 is 1. The predicted octanol–water partition coefficient (Wildman–Crippen LogP) is 5.45. The van der Waals surface area contributed by atoms with Gasteiger partial charge in [-0.05, 0) is 74.1 Å². The number of rotatable bonds is 3. The Kier molecular flexibility index (Phi) is 4.30. The van der Waals surface area contributed by atoms with Crippen molar-refractivity contribution in [1.82, 2.24) is 0 Å². The van der Waals surface area contributed by atoms with Crippen LogP contribution >= 0.6 is 11.6 Å². The first kappa shape index (κ1) is 16.6. The summed E-state index contributed by atoms with van der Waals surface area (Å²) >= 11 is 5.90. The highest BCUT2D eigenvalue weighted by molar-refractivity contribution is 6.30. The molecule has 0 bridgehead atoms. The molecule has 0 unspecified atom stereocenters. The molecular weight excluding hydrogens is 336 g/mol. The Balaban J connectivity index is 1.55. The Morgan fingerprint density at radius 1 is 1.04 bits per heavy atom. The molecule has 0 radical (unpaired) electrons. The highest BCUT2D eigenvalue weighted by atomic mass is 35.5. The number of hydrogen-bond donors (Lipinski definition) is 0. The quantitative estimate of drug-likeness (QED) is 0.733. The molecule has 0 atom stereocenters.